The zero-order valence-corrected chi connectivity index (χ0v) is 20.4. The Morgan fingerprint density at radius 3 is 2.33 bits per heavy atom. The SMILES string of the molecule is NC1CCN(c2c(-c3cc(F)cc(F)c3)cnc3ccc(-c4c(F)c(F)cc(F)c4CNC(=O)O)cc23)CC1. The molecule has 11 heteroatoms. The molecule has 0 saturated carbocycles. The van der Waals surface area contributed by atoms with Crippen molar-refractivity contribution in [1.29, 1.82) is 0 Å². The van der Waals surface area contributed by atoms with Crippen molar-refractivity contribution in [2.75, 3.05) is 18.0 Å². The Morgan fingerprint density at radius 1 is 0.974 bits per heavy atom. The Morgan fingerprint density at radius 2 is 1.67 bits per heavy atom. The number of piperidine rings is 1. The maximum absolute atomic E-state index is 15.1. The van der Waals surface area contributed by atoms with Crippen LogP contribution < -0.4 is 16.0 Å². The predicted octanol–water partition coefficient (Wildman–Crippen LogP) is 5.96. The van der Waals surface area contributed by atoms with Crippen molar-refractivity contribution in [3.63, 3.8) is 0 Å². The van der Waals surface area contributed by atoms with Gasteiger partial charge < -0.3 is 21.1 Å². The fraction of sp³-hybridized carbons (Fsp3) is 0.214. The summed E-state index contributed by atoms with van der Waals surface area (Å²) in [6, 6.07) is 7.90. The Bertz CT molecular complexity index is 1570. The van der Waals surface area contributed by atoms with Gasteiger partial charge in [-0.1, -0.05) is 6.07 Å². The number of fused-ring (bicyclic) bond motifs is 1. The molecule has 4 aromatic rings. The molecule has 4 N–H and O–H groups in total. The molecule has 1 saturated heterocycles. The van der Waals surface area contributed by atoms with Gasteiger partial charge in [0.1, 0.15) is 17.5 Å². The molecule has 1 aliphatic rings. The fourth-order valence-corrected chi connectivity index (χ4v) is 4.99. The van der Waals surface area contributed by atoms with E-state index in [9.17, 15) is 22.4 Å². The van der Waals surface area contributed by atoms with E-state index in [0.29, 0.717) is 54.2 Å². The van der Waals surface area contributed by atoms with E-state index < -0.39 is 47.3 Å². The minimum absolute atomic E-state index is 0.0198. The maximum atomic E-state index is 15.1. The summed E-state index contributed by atoms with van der Waals surface area (Å²) < 4.78 is 72.6. The highest BCUT2D eigenvalue weighted by atomic mass is 19.2. The van der Waals surface area contributed by atoms with Gasteiger partial charge in [0.05, 0.1) is 11.2 Å². The Kier molecular flexibility index (Phi) is 7.09. The number of hydrogen-bond acceptors (Lipinski definition) is 4. The van der Waals surface area contributed by atoms with Crippen LogP contribution in [0.25, 0.3) is 33.2 Å². The van der Waals surface area contributed by atoms with Crippen LogP contribution in [0, 0.1) is 29.1 Å². The van der Waals surface area contributed by atoms with Crippen LogP contribution in [0.2, 0.25) is 0 Å². The van der Waals surface area contributed by atoms with E-state index in [1.54, 1.807) is 0 Å². The number of amides is 1. The lowest BCUT2D eigenvalue weighted by Crippen LogP contribution is -2.40. The summed E-state index contributed by atoms with van der Waals surface area (Å²) >= 11 is 0. The second-order valence-corrected chi connectivity index (χ2v) is 9.40. The molecule has 0 aliphatic carbocycles. The number of nitrogens with two attached hydrogens (primary N) is 1. The van der Waals surface area contributed by atoms with Crippen molar-refractivity contribution < 1.29 is 31.9 Å². The molecular formula is C28H23F5N4O2. The lowest BCUT2D eigenvalue weighted by atomic mass is 9.94. The molecule has 0 unspecified atom stereocenters. The van der Waals surface area contributed by atoms with E-state index >= 15 is 4.39 Å². The topological polar surface area (TPSA) is 91.5 Å². The van der Waals surface area contributed by atoms with Gasteiger partial charge >= 0.3 is 6.09 Å². The lowest BCUT2D eigenvalue weighted by Gasteiger charge is -2.34. The monoisotopic (exact) mass is 542 g/mol. The average Bonchev–Trinajstić information content (AvgIpc) is 2.89. The van der Waals surface area contributed by atoms with Gasteiger partial charge in [0, 0.05) is 66.1 Å². The van der Waals surface area contributed by atoms with Crippen molar-refractivity contribution in [2.45, 2.75) is 25.4 Å². The molecule has 39 heavy (non-hydrogen) atoms. The standard InChI is InChI=1S/C28H23F5N4O2/c29-16-7-15(8-17(30)10-16)20-12-35-24-2-1-14(9-19(24)27(20)37-5-3-18(34)4-6-37)25-21(13-36-28(38)39)22(31)11-23(32)26(25)33/h1-2,7-12,18,36H,3-6,13,34H2,(H,38,39). The summed E-state index contributed by atoms with van der Waals surface area (Å²) in [5.41, 5.74) is 6.98. The third-order valence-electron chi connectivity index (χ3n) is 6.85. The molecule has 3 aromatic carbocycles. The minimum Gasteiger partial charge on any atom is -0.465 e. The second-order valence-electron chi connectivity index (χ2n) is 9.40. The van der Waals surface area contributed by atoms with Crippen LogP contribution in [0.4, 0.5) is 32.4 Å². The first-order chi connectivity index (χ1) is 18.6. The van der Waals surface area contributed by atoms with Crippen LogP contribution in [0.3, 0.4) is 0 Å². The maximum Gasteiger partial charge on any atom is 0.404 e. The number of nitrogens with one attached hydrogen (secondary N) is 1. The molecule has 5 rings (SSSR count). The third-order valence-corrected chi connectivity index (χ3v) is 6.85. The number of carbonyl (C=O) groups is 1. The van der Waals surface area contributed by atoms with Crippen molar-refractivity contribution >= 4 is 22.7 Å². The highest BCUT2D eigenvalue weighted by Gasteiger charge is 2.25. The number of halogens is 5. The van der Waals surface area contributed by atoms with Gasteiger partial charge in [-0.3, -0.25) is 4.98 Å². The van der Waals surface area contributed by atoms with Crippen molar-refractivity contribution in [2.24, 2.45) is 5.73 Å². The van der Waals surface area contributed by atoms with Crippen LogP contribution in [-0.2, 0) is 6.54 Å². The second kappa shape index (κ2) is 10.5. The van der Waals surface area contributed by atoms with Gasteiger partial charge in [0.15, 0.2) is 11.6 Å². The van der Waals surface area contributed by atoms with Crippen LogP contribution in [0.15, 0.2) is 48.7 Å². The number of carboxylic acid groups (broad SMARTS) is 1. The first-order valence-electron chi connectivity index (χ1n) is 12.2. The molecular weight excluding hydrogens is 519 g/mol. The van der Waals surface area contributed by atoms with Crippen LogP contribution >= 0.6 is 0 Å². The molecule has 0 radical (unpaired) electrons. The molecule has 0 bridgehead atoms. The van der Waals surface area contributed by atoms with Gasteiger partial charge in [0.25, 0.3) is 0 Å². The third kappa shape index (κ3) is 5.22. The average molecular weight is 543 g/mol. The highest BCUT2D eigenvalue weighted by Crippen LogP contribution is 2.41. The smallest absolute Gasteiger partial charge is 0.404 e. The summed E-state index contributed by atoms with van der Waals surface area (Å²) in [4.78, 5) is 17.5. The van der Waals surface area contributed by atoms with Gasteiger partial charge in [-0.25, -0.2) is 26.7 Å². The van der Waals surface area contributed by atoms with Crippen molar-refractivity contribution in [3.8, 4) is 22.3 Å². The molecule has 1 aromatic heterocycles. The Hall–Kier alpha value is -4.25. The molecule has 0 spiro atoms. The Balaban J connectivity index is 1.77. The zero-order chi connectivity index (χ0) is 27.8. The van der Waals surface area contributed by atoms with Crippen LogP contribution in [0.1, 0.15) is 18.4 Å². The highest BCUT2D eigenvalue weighted by molar-refractivity contribution is 6.02. The first kappa shape index (κ1) is 26.4. The largest absolute Gasteiger partial charge is 0.465 e. The van der Waals surface area contributed by atoms with Gasteiger partial charge in [-0.2, -0.15) is 0 Å². The van der Waals surface area contributed by atoms with Gasteiger partial charge in [-0.15, -0.1) is 0 Å². The molecule has 1 aliphatic heterocycles. The molecule has 0 atom stereocenters. The summed E-state index contributed by atoms with van der Waals surface area (Å²) in [6.45, 7) is 0.432. The van der Waals surface area contributed by atoms with Gasteiger partial charge in [-0.05, 0) is 48.2 Å². The molecule has 1 fully saturated rings. The number of pyridine rings is 1. The number of benzene rings is 3. The van der Waals surface area contributed by atoms with Crippen molar-refractivity contribution in [3.05, 3.63) is 83.3 Å². The first-order valence-corrected chi connectivity index (χ1v) is 12.2. The summed E-state index contributed by atoms with van der Waals surface area (Å²) in [7, 11) is 0. The summed E-state index contributed by atoms with van der Waals surface area (Å²) in [6.07, 6.45) is 1.32. The number of rotatable bonds is 5. The van der Waals surface area contributed by atoms with Crippen LogP contribution in [-0.4, -0.2) is 35.3 Å². The van der Waals surface area contributed by atoms with Crippen molar-refractivity contribution in [1.82, 2.24) is 10.3 Å². The number of aromatic nitrogens is 1. The van der Waals surface area contributed by atoms with E-state index in [1.165, 1.54) is 36.5 Å². The molecule has 1 amide bonds. The lowest BCUT2D eigenvalue weighted by molar-refractivity contribution is 0.194. The van der Waals surface area contributed by atoms with Gasteiger partial charge in [0.2, 0.25) is 0 Å². The summed E-state index contributed by atoms with van der Waals surface area (Å²) in [5.74, 6) is -5.46. The van der Waals surface area contributed by atoms with E-state index in [1.807, 2.05) is 10.2 Å². The predicted molar refractivity (Wildman–Crippen MR) is 137 cm³/mol. The van der Waals surface area contributed by atoms with E-state index in [2.05, 4.69) is 4.98 Å². The minimum atomic E-state index is -1.47. The van der Waals surface area contributed by atoms with E-state index in [0.717, 1.165) is 6.07 Å². The fourth-order valence-electron chi connectivity index (χ4n) is 4.99. The number of nitrogens with zero attached hydrogens (tertiary/aromatic N) is 2. The van der Waals surface area contributed by atoms with Crippen LogP contribution in [0.5, 0.6) is 0 Å². The molecule has 202 valence electrons. The molecule has 6 nitrogen and oxygen atoms in total. The van der Waals surface area contributed by atoms with E-state index in [-0.39, 0.29) is 22.7 Å². The normalized spacial score (nSPS) is 14.2. The van der Waals surface area contributed by atoms with E-state index in [4.69, 9.17) is 10.8 Å². The summed E-state index contributed by atoms with van der Waals surface area (Å²) in [5, 5.41) is 11.4. The Labute approximate surface area is 219 Å². The molecule has 2 heterocycles. The zero-order valence-electron chi connectivity index (χ0n) is 20.4. The quantitative estimate of drug-likeness (QED) is 0.214. The number of hydrogen-bond donors (Lipinski definition) is 3. The number of anilines is 1.